The highest BCUT2D eigenvalue weighted by molar-refractivity contribution is 7.13. The monoisotopic (exact) mass is 289 g/mol. The standard InChI is InChI=1S/C16H23N3S/c1-2-17-14-6-3-5-13(14)8-10-19-11-9-18-16(19)15-7-4-12-20-15/h4,7,9,11-14,17H,2-3,5-6,8,10H2,1H3. The van der Waals surface area contributed by atoms with Gasteiger partial charge < -0.3 is 9.88 Å². The molecule has 2 atom stereocenters. The predicted octanol–water partition coefficient (Wildman–Crippen LogP) is 3.78. The summed E-state index contributed by atoms with van der Waals surface area (Å²) in [5.74, 6) is 1.95. The fraction of sp³-hybridized carbons (Fsp3) is 0.562. The molecule has 0 aromatic carbocycles. The molecule has 1 aliphatic carbocycles. The van der Waals surface area contributed by atoms with E-state index in [-0.39, 0.29) is 0 Å². The van der Waals surface area contributed by atoms with Gasteiger partial charge in [-0.1, -0.05) is 19.4 Å². The van der Waals surface area contributed by atoms with Gasteiger partial charge in [0.1, 0.15) is 5.82 Å². The molecule has 1 N–H and O–H groups in total. The summed E-state index contributed by atoms with van der Waals surface area (Å²) in [7, 11) is 0. The van der Waals surface area contributed by atoms with Gasteiger partial charge in [-0.2, -0.15) is 0 Å². The first-order chi connectivity index (χ1) is 9.88. The third-order valence-electron chi connectivity index (χ3n) is 4.32. The van der Waals surface area contributed by atoms with Gasteiger partial charge in [-0.05, 0) is 43.2 Å². The summed E-state index contributed by atoms with van der Waals surface area (Å²) in [5.41, 5.74) is 0. The number of nitrogens with zero attached hydrogens (tertiary/aromatic N) is 2. The van der Waals surface area contributed by atoms with E-state index in [1.807, 2.05) is 6.20 Å². The van der Waals surface area contributed by atoms with Crippen LogP contribution in [0, 0.1) is 5.92 Å². The summed E-state index contributed by atoms with van der Waals surface area (Å²) < 4.78 is 2.31. The quantitative estimate of drug-likeness (QED) is 0.877. The molecule has 3 rings (SSSR count). The minimum Gasteiger partial charge on any atom is -0.330 e. The van der Waals surface area contributed by atoms with E-state index in [2.05, 4.69) is 45.5 Å². The van der Waals surface area contributed by atoms with Crippen LogP contribution < -0.4 is 5.32 Å². The molecule has 0 saturated heterocycles. The molecule has 108 valence electrons. The average molecular weight is 289 g/mol. The zero-order valence-electron chi connectivity index (χ0n) is 12.1. The molecule has 2 aromatic rings. The lowest BCUT2D eigenvalue weighted by atomic mass is 9.99. The Morgan fingerprint density at radius 3 is 3.20 bits per heavy atom. The van der Waals surface area contributed by atoms with Crippen molar-refractivity contribution in [1.82, 2.24) is 14.9 Å². The van der Waals surface area contributed by atoms with E-state index in [0.717, 1.165) is 30.9 Å². The summed E-state index contributed by atoms with van der Waals surface area (Å²) in [6.45, 7) is 4.38. The fourth-order valence-electron chi connectivity index (χ4n) is 3.34. The highest BCUT2D eigenvalue weighted by atomic mass is 32.1. The van der Waals surface area contributed by atoms with Crippen molar-refractivity contribution in [2.45, 2.75) is 45.2 Å². The number of thiophene rings is 1. The number of rotatable bonds is 6. The molecule has 1 aliphatic rings. The van der Waals surface area contributed by atoms with Gasteiger partial charge in [0.2, 0.25) is 0 Å². The number of hydrogen-bond acceptors (Lipinski definition) is 3. The Balaban J connectivity index is 1.63. The molecule has 2 aromatic heterocycles. The van der Waals surface area contributed by atoms with Crippen molar-refractivity contribution in [1.29, 1.82) is 0 Å². The number of imidazole rings is 1. The molecule has 3 nitrogen and oxygen atoms in total. The van der Waals surface area contributed by atoms with Crippen molar-refractivity contribution in [3.05, 3.63) is 29.9 Å². The predicted molar refractivity (Wildman–Crippen MR) is 85.0 cm³/mol. The molecular formula is C16H23N3S. The summed E-state index contributed by atoms with van der Waals surface area (Å²) in [6, 6.07) is 4.98. The highest BCUT2D eigenvalue weighted by Crippen LogP contribution is 2.30. The Morgan fingerprint density at radius 2 is 2.40 bits per heavy atom. The van der Waals surface area contributed by atoms with Gasteiger partial charge in [0.25, 0.3) is 0 Å². The number of aryl methyl sites for hydroxylation is 1. The lowest BCUT2D eigenvalue weighted by Gasteiger charge is -2.20. The molecule has 4 heteroatoms. The SMILES string of the molecule is CCNC1CCCC1CCn1ccnc1-c1cccs1. The molecule has 1 fully saturated rings. The molecule has 0 bridgehead atoms. The van der Waals surface area contributed by atoms with Crippen molar-refractivity contribution in [3.8, 4) is 10.7 Å². The van der Waals surface area contributed by atoms with Gasteiger partial charge in [0.05, 0.1) is 4.88 Å². The third kappa shape index (κ3) is 2.96. The first-order valence-corrected chi connectivity index (χ1v) is 8.55. The number of hydrogen-bond donors (Lipinski definition) is 1. The van der Waals surface area contributed by atoms with Crippen LogP contribution in [0.3, 0.4) is 0 Å². The van der Waals surface area contributed by atoms with Crippen LogP contribution in [0.2, 0.25) is 0 Å². The van der Waals surface area contributed by atoms with Crippen LogP contribution in [0.15, 0.2) is 29.9 Å². The van der Waals surface area contributed by atoms with Gasteiger partial charge in [-0.15, -0.1) is 11.3 Å². The van der Waals surface area contributed by atoms with E-state index in [9.17, 15) is 0 Å². The van der Waals surface area contributed by atoms with Crippen LogP contribution in [0.5, 0.6) is 0 Å². The van der Waals surface area contributed by atoms with E-state index in [4.69, 9.17) is 0 Å². The van der Waals surface area contributed by atoms with Gasteiger partial charge in [0.15, 0.2) is 0 Å². The summed E-state index contributed by atoms with van der Waals surface area (Å²) in [5, 5.41) is 5.76. The smallest absolute Gasteiger partial charge is 0.149 e. The van der Waals surface area contributed by atoms with E-state index >= 15 is 0 Å². The van der Waals surface area contributed by atoms with Crippen LogP contribution in [0.1, 0.15) is 32.6 Å². The topological polar surface area (TPSA) is 29.9 Å². The van der Waals surface area contributed by atoms with Crippen molar-refractivity contribution < 1.29 is 0 Å². The maximum absolute atomic E-state index is 4.52. The molecule has 1 saturated carbocycles. The first-order valence-electron chi connectivity index (χ1n) is 7.67. The van der Waals surface area contributed by atoms with Gasteiger partial charge in [0, 0.05) is 25.0 Å². The Morgan fingerprint density at radius 1 is 1.45 bits per heavy atom. The van der Waals surface area contributed by atoms with Crippen molar-refractivity contribution in [3.63, 3.8) is 0 Å². The molecule has 20 heavy (non-hydrogen) atoms. The third-order valence-corrected chi connectivity index (χ3v) is 5.19. The second kappa shape index (κ2) is 6.55. The van der Waals surface area contributed by atoms with E-state index < -0.39 is 0 Å². The van der Waals surface area contributed by atoms with Gasteiger partial charge in [-0.3, -0.25) is 0 Å². The van der Waals surface area contributed by atoms with E-state index in [1.54, 1.807) is 11.3 Å². The number of nitrogens with one attached hydrogen (secondary N) is 1. The maximum Gasteiger partial charge on any atom is 0.149 e. The van der Waals surface area contributed by atoms with Crippen molar-refractivity contribution in [2.24, 2.45) is 5.92 Å². The lowest BCUT2D eigenvalue weighted by molar-refractivity contribution is 0.367. The summed E-state index contributed by atoms with van der Waals surface area (Å²) in [4.78, 5) is 5.79. The zero-order chi connectivity index (χ0) is 13.8. The van der Waals surface area contributed by atoms with Crippen LogP contribution in [0.4, 0.5) is 0 Å². The largest absolute Gasteiger partial charge is 0.330 e. The van der Waals surface area contributed by atoms with E-state index in [1.165, 1.54) is 30.6 Å². The van der Waals surface area contributed by atoms with Gasteiger partial charge in [-0.25, -0.2) is 4.98 Å². The molecule has 2 unspecified atom stereocenters. The normalized spacial score (nSPS) is 22.4. The van der Waals surface area contributed by atoms with Crippen LogP contribution in [-0.4, -0.2) is 22.1 Å². The molecule has 2 heterocycles. The highest BCUT2D eigenvalue weighted by Gasteiger charge is 2.26. The minimum absolute atomic E-state index is 0.730. The van der Waals surface area contributed by atoms with Crippen LogP contribution in [-0.2, 0) is 6.54 Å². The summed E-state index contributed by atoms with van der Waals surface area (Å²) >= 11 is 1.77. The summed E-state index contributed by atoms with van der Waals surface area (Å²) in [6.07, 6.45) is 9.40. The second-order valence-corrected chi connectivity index (χ2v) is 6.51. The molecular weight excluding hydrogens is 266 g/mol. The minimum atomic E-state index is 0.730. The Labute approximate surface area is 125 Å². The fourth-order valence-corrected chi connectivity index (χ4v) is 4.07. The Bertz CT molecular complexity index is 518. The first kappa shape index (κ1) is 13.8. The average Bonchev–Trinajstić information content (AvgIpc) is 3.18. The zero-order valence-corrected chi connectivity index (χ0v) is 12.9. The Kier molecular flexibility index (Phi) is 4.53. The molecule has 0 amide bonds. The van der Waals surface area contributed by atoms with Crippen LogP contribution in [0.25, 0.3) is 10.7 Å². The molecule has 0 radical (unpaired) electrons. The van der Waals surface area contributed by atoms with Crippen molar-refractivity contribution >= 4 is 11.3 Å². The second-order valence-electron chi connectivity index (χ2n) is 5.57. The lowest BCUT2D eigenvalue weighted by Crippen LogP contribution is -2.32. The maximum atomic E-state index is 4.52. The Hall–Kier alpha value is -1.13. The van der Waals surface area contributed by atoms with Crippen molar-refractivity contribution in [2.75, 3.05) is 6.54 Å². The van der Waals surface area contributed by atoms with Crippen LogP contribution >= 0.6 is 11.3 Å². The van der Waals surface area contributed by atoms with E-state index in [0.29, 0.717) is 0 Å². The van der Waals surface area contributed by atoms with Gasteiger partial charge >= 0.3 is 0 Å². The molecule has 0 spiro atoms. The number of aromatic nitrogens is 2. The molecule has 0 aliphatic heterocycles.